The number of hydrogen-bond acceptors (Lipinski definition) is 3. The first-order valence-corrected chi connectivity index (χ1v) is 4.66. The number of rotatable bonds is 3. The van der Waals surface area contributed by atoms with E-state index in [4.69, 9.17) is 0 Å². The lowest BCUT2D eigenvalue weighted by Gasteiger charge is -1.89. The third-order valence-corrected chi connectivity index (χ3v) is 2.39. The van der Waals surface area contributed by atoms with E-state index in [0.717, 1.165) is 28.2 Å². The SMILES string of the molecule is CC/C(C=O)=C/c1cnc(C)s1. The molecule has 0 aliphatic rings. The van der Waals surface area contributed by atoms with Crippen LogP contribution in [0, 0.1) is 6.92 Å². The van der Waals surface area contributed by atoms with Gasteiger partial charge in [-0.1, -0.05) is 6.92 Å². The number of hydrogen-bond donors (Lipinski definition) is 0. The summed E-state index contributed by atoms with van der Waals surface area (Å²) in [5, 5.41) is 1.03. The average Bonchev–Trinajstić information content (AvgIpc) is 2.47. The van der Waals surface area contributed by atoms with E-state index < -0.39 is 0 Å². The van der Waals surface area contributed by atoms with Gasteiger partial charge in [-0.2, -0.15) is 0 Å². The lowest BCUT2D eigenvalue weighted by molar-refractivity contribution is -0.104. The maximum atomic E-state index is 10.5. The highest BCUT2D eigenvalue weighted by Crippen LogP contribution is 2.15. The predicted octanol–water partition coefficient (Wildman–Crippen LogP) is 2.44. The van der Waals surface area contributed by atoms with Crippen molar-refractivity contribution in [1.29, 1.82) is 0 Å². The Kier molecular flexibility index (Phi) is 3.17. The van der Waals surface area contributed by atoms with Crippen LogP contribution in [0.25, 0.3) is 6.08 Å². The van der Waals surface area contributed by atoms with Crippen LogP contribution in [0.1, 0.15) is 23.2 Å². The summed E-state index contributed by atoms with van der Waals surface area (Å²) in [6, 6.07) is 0. The Labute approximate surface area is 76.0 Å². The van der Waals surface area contributed by atoms with Gasteiger partial charge in [-0.15, -0.1) is 11.3 Å². The van der Waals surface area contributed by atoms with Gasteiger partial charge in [-0.3, -0.25) is 4.79 Å². The molecule has 12 heavy (non-hydrogen) atoms. The molecule has 0 amide bonds. The summed E-state index contributed by atoms with van der Waals surface area (Å²) < 4.78 is 0. The Morgan fingerprint density at radius 3 is 2.92 bits per heavy atom. The lowest BCUT2D eigenvalue weighted by Crippen LogP contribution is -1.79. The van der Waals surface area contributed by atoms with Crippen LogP contribution in [0.5, 0.6) is 0 Å². The molecule has 0 aliphatic heterocycles. The van der Waals surface area contributed by atoms with Crippen molar-refractivity contribution in [1.82, 2.24) is 4.98 Å². The highest BCUT2D eigenvalue weighted by molar-refractivity contribution is 7.12. The van der Waals surface area contributed by atoms with Gasteiger partial charge in [0.25, 0.3) is 0 Å². The molecular formula is C9H11NOS. The smallest absolute Gasteiger partial charge is 0.146 e. The number of carbonyl (C=O) groups is 1. The highest BCUT2D eigenvalue weighted by Gasteiger charge is 1.96. The van der Waals surface area contributed by atoms with E-state index >= 15 is 0 Å². The van der Waals surface area contributed by atoms with Gasteiger partial charge in [0.05, 0.1) is 5.01 Å². The topological polar surface area (TPSA) is 30.0 Å². The minimum Gasteiger partial charge on any atom is -0.298 e. The van der Waals surface area contributed by atoms with E-state index in [2.05, 4.69) is 4.98 Å². The molecule has 0 spiro atoms. The van der Waals surface area contributed by atoms with Crippen molar-refractivity contribution in [2.75, 3.05) is 0 Å². The molecule has 1 aromatic heterocycles. The minimum absolute atomic E-state index is 0.778. The van der Waals surface area contributed by atoms with E-state index in [1.807, 2.05) is 19.9 Å². The molecule has 0 saturated heterocycles. The second-order valence-electron chi connectivity index (χ2n) is 2.47. The predicted molar refractivity (Wildman–Crippen MR) is 51.2 cm³/mol. The standard InChI is InChI=1S/C9H11NOS/c1-3-8(6-11)4-9-5-10-7(2)12-9/h4-6H,3H2,1-2H3/b8-4-. The van der Waals surface area contributed by atoms with Gasteiger partial charge in [0.1, 0.15) is 6.29 Å². The molecule has 0 atom stereocenters. The molecule has 0 saturated carbocycles. The maximum absolute atomic E-state index is 10.5. The van der Waals surface area contributed by atoms with Crippen molar-refractivity contribution in [3.05, 3.63) is 21.7 Å². The summed E-state index contributed by atoms with van der Waals surface area (Å²) in [5.74, 6) is 0. The Balaban J connectivity index is 2.85. The molecule has 64 valence electrons. The number of allylic oxidation sites excluding steroid dienone is 1. The van der Waals surface area contributed by atoms with E-state index in [0.29, 0.717) is 0 Å². The normalized spacial score (nSPS) is 11.7. The number of aromatic nitrogens is 1. The molecule has 1 rings (SSSR count). The molecule has 0 radical (unpaired) electrons. The van der Waals surface area contributed by atoms with Crippen LogP contribution in [0.3, 0.4) is 0 Å². The summed E-state index contributed by atoms with van der Waals surface area (Å²) >= 11 is 1.60. The summed E-state index contributed by atoms with van der Waals surface area (Å²) in [7, 11) is 0. The van der Waals surface area contributed by atoms with Crippen LogP contribution in [0.4, 0.5) is 0 Å². The summed E-state index contributed by atoms with van der Waals surface area (Å²) in [5.41, 5.74) is 0.818. The van der Waals surface area contributed by atoms with Crippen molar-refractivity contribution in [2.24, 2.45) is 0 Å². The zero-order valence-corrected chi connectivity index (χ0v) is 8.02. The molecule has 0 aliphatic carbocycles. The fraction of sp³-hybridized carbons (Fsp3) is 0.333. The Morgan fingerprint density at radius 1 is 1.75 bits per heavy atom. The van der Waals surface area contributed by atoms with Crippen molar-refractivity contribution in [2.45, 2.75) is 20.3 Å². The largest absolute Gasteiger partial charge is 0.298 e. The monoisotopic (exact) mass is 181 g/mol. The van der Waals surface area contributed by atoms with Gasteiger partial charge in [-0.25, -0.2) is 4.98 Å². The van der Waals surface area contributed by atoms with E-state index in [-0.39, 0.29) is 0 Å². The van der Waals surface area contributed by atoms with Crippen LogP contribution < -0.4 is 0 Å². The second kappa shape index (κ2) is 4.16. The molecule has 0 unspecified atom stereocenters. The summed E-state index contributed by atoms with van der Waals surface area (Å²) in [6.45, 7) is 3.92. The number of carbonyl (C=O) groups excluding carboxylic acids is 1. The van der Waals surface area contributed by atoms with Crippen LogP contribution in [0.2, 0.25) is 0 Å². The molecule has 2 nitrogen and oxygen atoms in total. The van der Waals surface area contributed by atoms with Gasteiger partial charge in [0.15, 0.2) is 0 Å². The highest BCUT2D eigenvalue weighted by atomic mass is 32.1. The number of aryl methyl sites for hydroxylation is 1. The van der Waals surface area contributed by atoms with Crippen LogP contribution in [-0.2, 0) is 4.79 Å². The van der Waals surface area contributed by atoms with Crippen molar-refractivity contribution in [3.8, 4) is 0 Å². The molecule has 0 aromatic carbocycles. The molecule has 0 fully saturated rings. The molecule has 1 aromatic rings. The zero-order chi connectivity index (χ0) is 8.97. The van der Waals surface area contributed by atoms with Gasteiger partial charge >= 0.3 is 0 Å². The van der Waals surface area contributed by atoms with Gasteiger partial charge in [-0.05, 0) is 25.0 Å². The fourth-order valence-electron chi connectivity index (χ4n) is 0.847. The lowest BCUT2D eigenvalue weighted by atomic mass is 10.2. The third-order valence-electron chi connectivity index (χ3n) is 1.53. The maximum Gasteiger partial charge on any atom is 0.146 e. The number of nitrogens with zero attached hydrogens (tertiary/aromatic N) is 1. The quantitative estimate of drug-likeness (QED) is 0.529. The molecule has 3 heteroatoms. The first-order chi connectivity index (χ1) is 5.76. The second-order valence-corrected chi connectivity index (χ2v) is 3.74. The minimum atomic E-state index is 0.778. The van der Waals surface area contributed by atoms with Gasteiger partial charge in [0, 0.05) is 11.1 Å². The van der Waals surface area contributed by atoms with E-state index in [1.54, 1.807) is 17.5 Å². The van der Waals surface area contributed by atoms with Crippen LogP contribution >= 0.6 is 11.3 Å². The van der Waals surface area contributed by atoms with Crippen molar-refractivity contribution in [3.63, 3.8) is 0 Å². The average molecular weight is 181 g/mol. The van der Waals surface area contributed by atoms with Gasteiger partial charge in [0.2, 0.25) is 0 Å². The Bertz CT molecular complexity index is 301. The fourth-order valence-corrected chi connectivity index (χ4v) is 1.61. The summed E-state index contributed by atoms with van der Waals surface area (Å²) in [4.78, 5) is 15.6. The van der Waals surface area contributed by atoms with Crippen LogP contribution in [0.15, 0.2) is 11.8 Å². The van der Waals surface area contributed by atoms with Crippen LogP contribution in [-0.4, -0.2) is 11.3 Å². The zero-order valence-electron chi connectivity index (χ0n) is 7.20. The van der Waals surface area contributed by atoms with E-state index in [1.165, 1.54) is 0 Å². The molecule has 1 heterocycles. The first kappa shape index (κ1) is 9.13. The molecule has 0 N–H and O–H groups in total. The Hall–Kier alpha value is -0.960. The van der Waals surface area contributed by atoms with Crippen molar-refractivity contribution < 1.29 is 4.79 Å². The number of aldehydes is 1. The van der Waals surface area contributed by atoms with Crippen molar-refractivity contribution >= 4 is 23.7 Å². The third kappa shape index (κ3) is 2.27. The molecular weight excluding hydrogens is 170 g/mol. The molecule has 0 bridgehead atoms. The number of thiazole rings is 1. The van der Waals surface area contributed by atoms with Gasteiger partial charge < -0.3 is 0 Å². The van der Waals surface area contributed by atoms with E-state index in [9.17, 15) is 4.79 Å². The first-order valence-electron chi connectivity index (χ1n) is 3.84. The summed E-state index contributed by atoms with van der Waals surface area (Å²) in [6.07, 6.45) is 5.35. The Morgan fingerprint density at radius 2 is 2.50 bits per heavy atom.